The van der Waals surface area contributed by atoms with Crippen molar-refractivity contribution in [3.05, 3.63) is 57.0 Å². The van der Waals surface area contributed by atoms with E-state index in [2.05, 4.69) is 11.4 Å². The van der Waals surface area contributed by atoms with E-state index in [1.54, 1.807) is 29.5 Å². The van der Waals surface area contributed by atoms with Gasteiger partial charge in [-0.3, -0.25) is 4.90 Å². The molecule has 0 spiro atoms. The summed E-state index contributed by atoms with van der Waals surface area (Å²) < 4.78 is 14.1. The van der Waals surface area contributed by atoms with Crippen molar-refractivity contribution in [2.24, 2.45) is 5.73 Å². The zero-order valence-electron chi connectivity index (χ0n) is 10.6. The van der Waals surface area contributed by atoms with Gasteiger partial charge in [-0.15, -0.1) is 0 Å². The molecule has 0 saturated carbocycles. The van der Waals surface area contributed by atoms with Gasteiger partial charge in [0.05, 0.1) is 5.02 Å². The molecule has 102 valence electrons. The average molecular weight is 299 g/mol. The Labute approximate surface area is 121 Å². The molecule has 0 saturated heterocycles. The van der Waals surface area contributed by atoms with Gasteiger partial charge in [0.1, 0.15) is 5.82 Å². The predicted molar refractivity (Wildman–Crippen MR) is 79.0 cm³/mol. The van der Waals surface area contributed by atoms with Gasteiger partial charge in [-0.2, -0.15) is 11.3 Å². The second-order valence-corrected chi connectivity index (χ2v) is 5.63. The number of likely N-dealkylation sites (N-methyl/N-ethyl adjacent to an activating group) is 1. The van der Waals surface area contributed by atoms with Crippen molar-refractivity contribution in [1.29, 1.82) is 0 Å². The van der Waals surface area contributed by atoms with Gasteiger partial charge in [0.15, 0.2) is 0 Å². The third kappa shape index (κ3) is 3.34. The smallest absolute Gasteiger partial charge is 0.146 e. The molecule has 2 nitrogen and oxygen atoms in total. The summed E-state index contributed by atoms with van der Waals surface area (Å²) in [5, 5.41) is 4.25. The van der Waals surface area contributed by atoms with Gasteiger partial charge in [-0.1, -0.05) is 23.7 Å². The number of rotatable bonds is 5. The fourth-order valence-corrected chi connectivity index (χ4v) is 2.94. The molecular formula is C14H16ClFN2S. The molecule has 0 aliphatic carbocycles. The molecule has 2 N–H and O–H groups in total. The van der Waals surface area contributed by atoms with Crippen LogP contribution < -0.4 is 5.73 Å². The lowest BCUT2D eigenvalue weighted by molar-refractivity contribution is 0.237. The van der Waals surface area contributed by atoms with Crippen LogP contribution in [0.15, 0.2) is 35.0 Å². The molecule has 0 bridgehead atoms. The predicted octanol–water partition coefficient (Wildman–Crippen LogP) is 3.67. The van der Waals surface area contributed by atoms with Gasteiger partial charge in [0.2, 0.25) is 0 Å². The highest BCUT2D eigenvalue weighted by Gasteiger charge is 2.20. The molecule has 0 amide bonds. The van der Waals surface area contributed by atoms with Crippen LogP contribution in [-0.4, -0.2) is 18.5 Å². The number of thiophene rings is 1. The summed E-state index contributed by atoms with van der Waals surface area (Å²) >= 11 is 7.48. The molecule has 0 radical (unpaired) electrons. The summed E-state index contributed by atoms with van der Waals surface area (Å²) in [6.07, 6.45) is 0. The second-order valence-electron chi connectivity index (χ2n) is 4.44. The molecule has 1 unspecified atom stereocenters. The largest absolute Gasteiger partial charge is 0.329 e. The minimum atomic E-state index is -0.378. The minimum Gasteiger partial charge on any atom is -0.329 e. The van der Waals surface area contributed by atoms with Crippen LogP contribution in [0.5, 0.6) is 0 Å². The van der Waals surface area contributed by atoms with Crippen LogP contribution in [0.4, 0.5) is 4.39 Å². The van der Waals surface area contributed by atoms with Crippen molar-refractivity contribution in [1.82, 2.24) is 4.90 Å². The topological polar surface area (TPSA) is 29.3 Å². The molecule has 1 atom stereocenters. The SMILES string of the molecule is CN(Cc1ccsc1)C(CN)c1cccc(Cl)c1F. The van der Waals surface area contributed by atoms with Crippen molar-refractivity contribution in [3.63, 3.8) is 0 Å². The Bertz CT molecular complexity index is 530. The Hall–Kier alpha value is -0.940. The molecule has 0 aliphatic heterocycles. The van der Waals surface area contributed by atoms with Gasteiger partial charge in [0.25, 0.3) is 0 Å². The van der Waals surface area contributed by atoms with E-state index in [4.69, 9.17) is 17.3 Å². The highest BCUT2D eigenvalue weighted by molar-refractivity contribution is 7.07. The molecule has 5 heteroatoms. The first kappa shape index (κ1) is 14.5. The first-order valence-corrected chi connectivity index (χ1v) is 7.31. The van der Waals surface area contributed by atoms with E-state index < -0.39 is 0 Å². The lowest BCUT2D eigenvalue weighted by Gasteiger charge is -2.27. The number of nitrogens with two attached hydrogens (primary N) is 1. The number of hydrogen-bond donors (Lipinski definition) is 1. The number of benzene rings is 1. The van der Waals surface area contributed by atoms with E-state index in [0.29, 0.717) is 12.1 Å². The summed E-state index contributed by atoms with van der Waals surface area (Å²) in [5.41, 5.74) is 7.56. The number of halogens is 2. The van der Waals surface area contributed by atoms with E-state index in [1.165, 1.54) is 5.56 Å². The Morgan fingerprint density at radius 3 is 2.84 bits per heavy atom. The van der Waals surface area contributed by atoms with E-state index in [1.807, 2.05) is 17.3 Å². The number of nitrogens with zero attached hydrogens (tertiary/aromatic N) is 1. The van der Waals surface area contributed by atoms with Gasteiger partial charge in [-0.25, -0.2) is 4.39 Å². The molecule has 0 fully saturated rings. The maximum Gasteiger partial charge on any atom is 0.146 e. The van der Waals surface area contributed by atoms with E-state index in [-0.39, 0.29) is 16.9 Å². The quantitative estimate of drug-likeness (QED) is 0.912. The Morgan fingerprint density at radius 1 is 1.42 bits per heavy atom. The number of hydrogen-bond acceptors (Lipinski definition) is 3. The van der Waals surface area contributed by atoms with Crippen molar-refractivity contribution >= 4 is 22.9 Å². The normalized spacial score (nSPS) is 12.9. The van der Waals surface area contributed by atoms with Crippen LogP contribution in [0, 0.1) is 5.82 Å². The van der Waals surface area contributed by atoms with Gasteiger partial charge < -0.3 is 5.73 Å². The van der Waals surface area contributed by atoms with Crippen LogP contribution >= 0.6 is 22.9 Å². The summed E-state index contributed by atoms with van der Waals surface area (Å²) in [6, 6.07) is 6.92. The molecular weight excluding hydrogens is 283 g/mol. The van der Waals surface area contributed by atoms with Crippen LogP contribution in [0.2, 0.25) is 5.02 Å². The van der Waals surface area contributed by atoms with Gasteiger partial charge in [-0.05, 0) is 35.5 Å². The second kappa shape index (κ2) is 6.48. The fourth-order valence-electron chi connectivity index (χ4n) is 2.10. The maximum absolute atomic E-state index is 14.1. The molecule has 2 rings (SSSR count). The average Bonchev–Trinajstić information content (AvgIpc) is 2.88. The van der Waals surface area contributed by atoms with E-state index >= 15 is 0 Å². The summed E-state index contributed by atoms with van der Waals surface area (Å²) in [4.78, 5) is 2.04. The third-order valence-electron chi connectivity index (χ3n) is 3.11. The Morgan fingerprint density at radius 2 is 2.21 bits per heavy atom. The standard InChI is InChI=1S/C14H16ClFN2S/c1-18(8-10-5-6-19-9-10)13(7-17)11-3-2-4-12(15)14(11)16/h2-6,9,13H,7-8,17H2,1H3. The molecule has 0 aliphatic rings. The first-order chi connectivity index (χ1) is 9.13. The van der Waals surface area contributed by atoms with Crippen LogP contribution in [0.25, 0.3) is 0 Å². The molecule has 1 heterocycles. The van der Waals surface area contributed by atoms with Gasteiger partial charge >= 0.3 is 0 Å². The Balaban J connectivity index is 2.21. The fraction of sp³-hybridized carbons (Fsp3) is 0.286. The first-order valence-electron chi connectivity index (χ1n) is 5.98. The third-order valence-corrected chi connectivity index (χ3v) is 4.13. The van der Waals surface area contributed by atoms with Gasteiger partial charge in [0, 0.05) is 24.7 Å². The summed E-state index contributed by atoms with van der Waals surface area (Å²) in [7, 11) is 1.94. The van der Waals surface area contributed by atoms with Crippen molar-refractivity contribution in [3.8, 4) is 0 Å². The van der Waals surface area contributed by atoms with Crippen LogP contribution in [0.1, 0.15) is 17.2 Å². The Kier molecular flexibility index (Phi) is 4.93. The molecule has 19 heavy (non-hydrogen) atoms. The summed E-state index contributed by atoms with van der Waals surface area (Å²) in [5.74, 6) is -0.378. The van der Waals surface area contributed by atoms with E-state index in [0.717, 1.165) is 6.54 Å². The van der Waals surface area contributed by atoms with Crippen molar-refractivity contribution < 1.29 is 4.39 Å². The zero-order chi connectivity index (χ0) is 13.8. The highest BCUT2D eigenvalue weighted by atomic mass is 35.5. The van der Waals surface area contributed by atoms with Crippen molar-refractivity contribution in [2.75, 3.05) is 13.6 Å². The molecule has 1 aromatic heterocycles. The highest BCUT2D eigenvalue weighted by Crippen LogP contribution is 2.27. The summed E-state index contributed by atoms with van der Waals surface area (Å²) in [6.45, 7) is 1.08. The molecule has 1 aromatic carbocycles. The monoisotopic (exact) mass is 298 g/mol. The minimum absolute atomic E-state index is 0.139. The van der Waals surface area contributed by atoms with E-state index in [9.17, 15) is 4.39 Å². The van der Waals surface area contributed by atoms with Crippen LogP contribution in [0.3, 0.4) is 0 Å². The maximum atomic E-state index is 14.1. The zero-order valence-corrected chi connectivity index (χ0v) is 12.2. The molecule has 2 aromatic rings. The lowest BCUT2D eigenvalue weighted by atomic mass is 10.0. The van der Waals surface area contributed by atoms with Crippen LogP contribution in [-0.2, 0) is 6.54 Å². The van der Waals surface area contributed by atoms with Crippen molar-refractivity contribution in [2.45, 2.75) is 12.6 Å². The lowest BCUT2D eigenvalue weighted by Crippen LogP contribution is -2.30.